The highest BCUT2D eigenvalue weighted by atomic mass is 35.6. The molecule has 1 rings (SSSR count). The van der Waals surface area contributed by atoms with Crippen LogP contribution in [-0.2, 0) is 16.2 Å². The summed E-state index contributed by atoms with van der Waals surface area (Å²) in [5.74, 6) is 0.682. The van der Waals surface area contributed by atoms with Crippen molar-refractivity contribution >= 4 is 40.7 Å². The van der Waals surface area contributed by atoms with Gasteiger partial charge in [-0.2, -0.15) is 4.89 Å². The number of benzene rings is 1. The Hall–Kier alpha value is -0.880. The highest BCUT2D eigenvalue weighted by Gasteiger charge is 2.29. The van der Waals surface area contributed by atoms with Gasteiger partial charge in [0.05, 0.1) is 20.8 Å². The highest BCUT2D eigenvalue weighted by molar-refractivity contribution is 6.75. The van der Waals surface area contributed by atoms with E-state index in [1.165, 1.54) is 0 Å². The first-order valence-corrected chi connectivity index (χ1v) is 6.68. The second-order valence-corrected chi connectivity index (χ2v) is 5.95. The fourth-order valence-corrected chi connectivity index (χ4v) is 1.44. The van der Waals surface area contributed by atoms with Crippen molar-refractivity contribution in [1.29, 1.82) is 5.41 Å². The Morgan fingerprint density at radius 2 is 1.80 bits per heavy atom. The number of nitrogens with one attached hydrogen (secondary N) is 1. The standard InChI is InChI=1S/C12H14Cl3NO4/c1-17-9-4-3-8(7-10(9)18-2)5-6-19-20-11(16)12(13,14)15/h3-4,7,16H,5-6H2,1-2H3. The lowest BCUT2D eigenvalue weighted by atomic mass is 10.1. The predicted molar refractivity (Wildman–Crippen MR) is 78.3 cm³/mol. The molecule has 1 aromatic rings. The van der Waals surface area contributed by atoms with E-state index >= 15 is 0 Å². The second-order valence-electron chi connectivity index (χ2n) is 3.67. The van der Waals surface area contributed by atoms with Crippen LogP contribution >= 0.6 is 34.8 Å². The van der Waals surface area contributed by atoms with Crippen LogP contribution in [0.4, 0.5) is 0 Å². The molecule has 1 aromatic carbocycles. The van der Waals surface area contributed by atoms with Crippen molar-refractivity contribution in [2.24, 2.45) is 0 Å². The van der Waals surface area contributed by atoms with Crippen LogP contribution in [-0.4, -0.2) is 30.5 Å². The first-order chi connectivity index (χ1) is 9.38. The van der Waals surface area contributed by atoms with Gasteiger partial charge in [-0.05, 0) is 17.7 Å². The van der Waals surface area contributed by atoms with Gasteiger partial charge in [0.15, 0.2) is 11.5 Å². The third-order valence-corrected chi connectivity index (χ3v) is 2.84. The quantitative estimate of drug-likeness (QED) is 0.214. The van der Waals surface area contributed by atoms with Gasteiger partial charge in [-0.3, -0.25) is 5.41 Å². The topological polar surface area (TPSA) is 60.8 Å². The Morgan fingerprint density at radius 1 is 1.15 bits per heavy atom. The molecule has 112 valence electrons. The fraction of sp³-hybridized carbons (Fsp3) is 0.417. The molecule has 20 heavy (non-hydrogen) atoms. The van der Waals surface area contributed by atoms with E-state index in [1.807, 2.05) is 12.1 Å². The molecule has 0 amide bonds. The van der Waals surface area contributed by atoms with Gasteiger partial charge in [-0.1, -0.05) is 40.9 Å². The molecule has 0 aliphatic rings. The third-order valence-electron chi connectivity index (χ3n) is 2.32. The van der Waals surface area contributed by atoms with Crippen LogP contribution in [0.5, 0.6) is 11.5 Å². The van der Waals surface area contributed by atoms with Crippen LogP contribution in [0.3, 0.4) is 0 Å². The molecule has 0 heterocycles. The number of alkyl halides is 3. The van der Waals surface area contributed by atoms with Gasteiger partial charge in [0, 0.05) is 6.42 Å². The molecular weight excluding hydrogens is 328 g/mol. The SMILES string of the molecule is COc1ccc(CCOOC(=N)C(Cl)(Cl)Cl)cc1OC. The summed E-state index contributed by atoms with van der Waals surface area (Å²) in [6, 6.07) is 5.48. The molecule has 0 aliphatic carbocycles. The summed E-state index contributed by atoms with van der Waals surface area (Å²) >= 11 is 16.3. The zero-order chi connectivity index (χ0) is 15.2. The van der Waals surface area contributed by atoms with Crippen molar-refractivity contribution < 1.29 is 19.2 Å². The summed E-state index contributed by atoms with van der Waals surface area (Å²) in [4.78, 5) is 9.37. The van der Waals surface area contributed by atoms with Crippen LogP contribution in [0.1, 0.15) is 5.56 Å². The first-order valence-electron chi connectivity index (χ1n) is 5.54. The van der Waals surface area contributed by atoms with E-state index in [9.17, 15) is 0 Å². The van der Waals surface area contributed by atoms with Gasteiger partial charge >= 0.3 is 0 Å². The lowest BCUT2D eigenvalue weighted by Gasteiger charge is -2.12. The normalized spacial score (nSPS) is 11.1. The number of rotatable bonds is 6. The van der Waals surface area contributed by atoms with Crippen LogP contribution in [0.2, 0.25) is 0 Å². The summed E-state index contributed by atoms with van der Waals surface area (Å²) in [7, 11) is 3.13. The van der Waals surface area contributed by atoms with Crippen LogP contribution in [0.15, 0.2) is 18.2 Å². The van der Waals surface area contributed by atoms with Gasteiger partial charge < -0.3 is 14.4 Å². The maximum absolute atomic E-state index is 7.26. The van der Waals surface area contributed by atoms with E-state index < -0.39 is 9.69 Å². The van der Waals surface area contributed by atoms with E-state index in [0.717, 1.165) is 5.56 Å². The highest BCUT2D eigenvalue weighted by Crippen LogP contribution is 2.28. The van der Waals surface area contributed by atoms with Crippen molar-refractivity contribution in [2.75, 3.05) is 20.8 Å². The molecule has 5 nitrogen and oxygen atoms in total. The zero-order valence-electron chi connectivity index (χ0n) is 10.9. The van der Waals surface area contributed by atoms with Crippen LogP contribution in [0.25, 0.3) is 0 Å². The molecule has 0 atom stereocenters. The number of ether oxygens (including phenoxy) is 2. The van der Waals surface area contributed by atoms with E-state index in [0.29, 0.717) is 17.9 Å². The van der Waals surface area contributed by atoms with E-state index in [4.69, 9.17) is 54.6 Å². The lowest BCUT2D eigenvalue weighted by Crippen LogP contribution is -2.21. The van der Waals surface area contributed by atoms with Crippen molar-refractivity contribution in [3.8, 4) is 11.5 Å². The number of hydrogen-bond acceptors (Lipinski definition) is 5. The van der Waals surface area contributed by atoms with E-state index in [2.05, 4.69) is 4.89 Å². The molecule has 0 saturated carbocycles. The van der Waals surface area contributed by atoms with Crippen LogP contribution in [0, 0.1) is 5.41 Å². The summed E-state index contributed by atoms with van der Waals surface area (Å²) < 4.78 is 8.39. The molecule has 8 heteroatoms. The Morgan fingerprint density at radius 3 is 2.35 bits per heavy atom. The molecule has 0 bridgehead atoms. The molecule has 0 spiro atoms. The molecular formula is C12H14Cl3NO4. The predicted octanol–water partition coefficient (Wildman–Crippen LogP) is 3.54. The average molecular weight is 343 g/mol. The maximum atomic E-state index is 7.26. The first kappa shape index (κ1) is 17.2. The zero-order valence-corrected chi connectivity index (χ0v) is 13.2. The monoisotopic (exact) mass is 341 g/mol. The lowest BCUT2D eigenvalue weighted by molar-refractivity contribution is -0.223. The minimum Gasteiger partial charge on any atom is -0.493 e. The summed E-state index contributed by atoms with van der Waals surface area (Å²) in [5, 5.41) is 7.26. The summed E-state index contributed by atoms with van der Waals surface area (Å²) in [6.45, 7) is 0.193. The summed E-state index contributed by atoms with van der Waals surface area (Å²) in [6.07, 6.45) is 0.535. The molecule has 0 aromatic heterocycles. The largest absolute Gasteiger partial charge is 0.493 e. The minimum absolute atomic E-state index is 0.193. The van der Waals surface area contributed by atoms with Gasteiger partial charge in [-0.15, -0.1) is 0 Å². The average Bonchev–Trinajstić information content (AvgIpc) is 2.41. The van der Waals surface area contributed by atoms with Crippen molar-refractivity contribution in [2.45, 2.75) is 10.2 Å². The smallest absolute Gasteiger partial charge is 0.277 e. The Bertz CT molecular complexity index is 463. The Balaban J connectivity index is 2.45. The van der Waals surface area contributed by atoms with E-state index in [1.54, 1.807) is 20.3 Å². The molecule has 0 aliphatic heterocycles. The Kier molecular flexibility index (Phi) is 6.68. The summed E-state index contributed by atoms with van der Waals surface area (Å²) in [5.41, 5.74) is 0.951. The molecule has 0 saturated heterocycles. The van der Waals surface area contributed by atoms with E-state index in [-0.39, 0.29) is 6.61 Å². The molecule has 0 radical (unpaired) electrons. The molecule has 0 fully saturated rings. The second kappa shape index (κ2) is 7.78. The van der Waals surface area contributed by atoms with Crippen molar-refractivity contribution in [3.05, 3.63) is 23.8 Å². The van der Waals surface area contributed by atoms with Crippen LogP contribution < -0.4 is 9.47 Å². The minimum atomic E-state index is -1.93. The molecule has 1 N–H and O–H groups in total. The number of hydrogen-bond donors (Lipinski definition) is 1. The Labute approximate surface area is 132 Å². The van der Waals surface area contributed by atoms with Gasteiger partial charge in [0.1, 0.15) is 0 Å². The number of methoxy groups -OCH3 is 2. The van der Waals surface area contributed by atoms with Crippen molar-refractivity contribution in [1.82, 2.24) is 0 Å². The number of halogens is 3. The molecule has 0 unspecified atom stereocenters. The van der Waals surface area contributed by atoms with Gasteiger partial charge in [0.2, 0.25) is 0 Å². The van der Waals surface area contributed by atoms with Gasteiger partial charge in [0.25, 0.3) is 9.69 Å². The van der Waals surface area contributed by atoms with Gasteiger partial charge in [-0.25, -0.2) is 0 Å². The maximum Gasteiger partial charge on any atom is 0.277 e. The van der Waals surface area contributed by atoms with Crippen molar-refractivity contribution in [3.63, 3.8) is 0 Å². The fourth-order valence-electron chi connectivity index (χ4n) is 1.34. The third kappa shape index (κ3) is 5.25.